The molecular formula is C18H19F3N4O3S2. The Hall–Kier alpha value is -2.20. The first kappa shape index (κ1) is 22.5. The van der Waals surface area contributed by atoms with Crippen molar-refractivity contribution >= 4 is 27.3 Å². The number of alkyl halides is 3. The van der Waals surface area contributed by atoms with Crippen molar-refractivity contribution in [3.63, 3.8) is 0 Å². The third kappa shape index (κ3) is 4.15. The van der Waals surface area contributed by atoms with E-state index in [-0.39, 0.29) is 29.8 Å². The van der Waals surface area contributed by atoms with Crippen LogP contribution in [0, 0.1) is 11.8 Å². The molecule has 3 rings (SSSR count). The molecule has 1 aliphatic heterocycles. The van der Waals surface area contributed by atoms with Crippen LogP contribution in [0.5, 0.6) is 0 Å². The maximum Gasteiger partial charge on any atom is 0.421 e. The van der Waals surface area contributed by atoms with Gasteiger partial charge in [-0.15, -0.1) is 17.3 Å². The Kier molecular flexibility index (Phi) is 6.10. The fourth-order valence-electron chi connectivity index (χ4n) is 2.93. The highest BCUT2D eigenvalue weighted by Gasteiger charge is 2.51. The highest BCUT2D eigenvalue weighted by molar-refractivity contribution is 7.91. The molecule has 12 heteroatoms. The molecule has 30 heavy (non-hydrogen) atoms. The van der Waals surface area contributed by atoms with E-state index >= 15 is 0 Å². The molecule has 162 valence electrons. The lowest BCUT2D eigenvalue weighted by molar-refractivity contribution is -0.259. The fourth-order valence-corrected chi connectivity index (χ4v) is 5.51. The summed E-state index contributed by atoms with van der Waals surface area (Å²) >= 11 is 1.12. The van der Waals surface area contributed by atoms with Crippen molar-refractivity contribution in [3.8, 4) is 11.8 Å². The van der Waals surface area contributed by atoms with Gasteiger partial charge in [0.25, 0.3) is 10.0 Å². The van der Waals surface area contributed by atoms with Crippen molar-refractivity contribution in [1.29, 1.82) is 0 Å². The summed E-state index contributed by atoms with van der Waals surface area (Å²) in [6.07, 6.45) is -3.04. The first-order valence-corrected chi connectivity index (χ1v) is 11.1. The van der Waals surface area contributed by atoms with Crippen molar-refractivity contribution in [1.82, 2.24) is 14.3 Å². The first-order valence-electron chi connectivity index (χ1n) is 8.82. The van der Waals surface area contributed by atoms with Gasteiger partial charge in [0, 0.05) is 37.6 Å². The van der Waals surface area contributed by atoms with Crippen molar-refractivity contribution < 1.29 is 26.7 Å². The van der Waals surface area contributed by atoms with E-state index in [0.717, 1.165) is 23.7 Å². The van der Waals surface area contributed by atoms with Crippen LogP contribution in [-0.2, 0) is 15.6 Å². The van der Waals surface area contributed by atoms with Gasteiger partial charge in [0.2, 0.25) is 5.95 Å². The van der Waals surface area contributed by atoms with Crippen molar-refractivity contribution in [2.24, 2.45) is 0 Å². The molecular weight excluding hydrogens is 441 g/mol. The van der Waals surface area contributed by atoms with Gasteiger partial charge in [-0.3, -0.25) is 0 Å². The van der Waals surface area contributed by atoms with Crippen molar-refractivity contribution in [2.45, 2.75) is 35.9 Å². The van der Waals surface area contributed by atoms with E-state index in [1.54, 1.807) is 23.3 Å². The molecule has 1 N–H and O–H groups in total. The molecule has 2 atom stereocenters. The van der Waals surface area contributed by atoms with Gasteiger partial charge < -0.3 is 10.0 Å². The smallest absolute Gasteiger partial charge is 0.376 e. The number of hydrogen-bond donors (Lipinski definition) is 1. The number of aliphatic hydroxyl groups is 1. The lowest BCUT2D eigenvalue weighted by Gasteiger charge is -2.38. The zero-order valence-electron chi connectivity index (χ0n) is 16.1. The molecule has 0 aliphatic carbocycles. The van der Waals surface area contributed by atoms with Gasteiger partial charge in [-0.1, -0.05) is 12.0 Å². The number of halogens is 3. The second kappa shape index (κ2) is 8.14. The number of nitrogens with zero attached hydrogens (tertiary/aromatic N) is 4. The standard InChI is InChI=1S/C18H19F3N4O3S2/c1-3-5-14-12-24(30(27,28)15-6-4-9-29-15)7-8-25(14)16-22-10-13(11-23-16)17(2,26)18(19,20)21/h4,6,9-11,14,26H,7-8,12H2,1-2H3/t14-,17?/m0/s1. The fraction of sp³-hybridized carbons (Fsp3) is 0.444. The molecule has 1 saturated heterocycles. The number of piperazine rings is 1. The van der Waals surface area contributed by atoms with E-state index in [1.807, 2.05) is 0 Å². The van der Waals surface area contributed by atoms with E-state index in [2.05, 4.69) is 21.8 Å². The Bertz CT molecular complexity index is 1040. The molecule has 0 aromatic carbocycles. The van der Waals surface area contributed by atoms with Crippen molar-refractivity contribution in [3.05, 3.63) is 35.5 Å². The average molecular weight is 461 g/mol. The maximum absolute atomic E-state index is 13.0. The minimum Gasteiger partial charge on any atom is -0.376 e. The number of thiophene rings is 1. The van der Waals surface area contributed by atoms with Gasteiger partial charge in [-0.2, -0.15) is 17.5 Å². The monoisotopic (exact) mass is 460 g/mol. The van der Waals surface area contributed by atoms with Gasteiger partial charge >= 0.3 is 6.18 Å². The molecule has 1 aliphatic rings. The van der Waals surface area contributed by atoms with E-state index < -0.39 is 33.4 Å². The zero-order valence-corrected chi connectivity index (χ0v) is 17.7. The molecule has 0 spiro atoms. The SMILES string of the molecule is CC#C[C@H]1CN(S(=O)(=O)c2cccs2)CCN1c1ncc(C(C)(O)C(F)(F)F)cn1. The van der Waals surface area contributed by atoms with Gasteiger partial charge in [0.1, 0.15) is 10.3 Å². The van der Waals surface area contributed by atoms with E-state index in [9.17, 15) is 26.7 Å². The number of hydrogen-bond acceptors (Lipinski definition) is 7. The normalized spacial score (nSPS) is 20.3. The predicted molar refractivity (Wildman–Crippen MR) is 105 cm³/mol. The van der Waals surface area contributed by atoms with Crippen LogP contribution in [-0.4, -0.2) is 59.6 Å². The lowest BCUT2D eigenvalue weighted by Crippen LogP contribution is -2.54. The predicted octanol–water partition coefficient (Wildman–Crippen LogP) is 2.21. The van der Waals surface area contributed by atoms with Crippen LogP contribution in [0.4, 0.5) is 19.1 Å². The van der Waals surface area contributed by atoms with Gasteiger partial charge in [0.15, 0.2) is 5.60 Å². The Morgan fingerprint density at radius 3 is 2.47 bits per heavy atom. The minimum absolute atomic E-state index is 0.0620. The average Bonchev–Trinajstić information content (AvgIpc) is 3.23. The highest BCUT2D eigenvalue weighted by Crippen LogP contribution is 2.38. The van der Waals surface area contributed by atoms with Crippen LogP contribution >= 0.6 is 11.3 Å². The molecule has 0 amide bonds. The van der Waals surface area contributed by atoms with Gasteiger partial charge in [-0.05, 0) is 25.3 Å². The molecule has 2 aromatic rings. The summed E-state index contributed by atoms with van der Waals surface area (Å²) < 4.78 is 66.2. The zero-order chi connectivity index (χ0) is 22.2. The molecule has 0 radical (unpaired) electrons. The number of aromatic nitrogens is 2. The Balaban J connectivity index is 1.84. The van der Waals surface area contributed by atoms with Crippen LogP contribution in [0.25, 0.3) is 0 Å². The molecule has 3 heterocycles. The molecule has 7 nitrogen and oxygen atoms in total. The second-order valence-corrected chi connectivity index (χ2v) is 9.85. The Morgan fingerprint density at radius 2 is 1.93 bits per heavy atom. The highest BCUT2D eigenvalue weighted by atomic mass is 32.2. The Morgan fingerprint density at radius 1 is 1.27 bits per heavy atom. The molecule has 0 saturated carbocycles. The Labute approximate surface area is 176 Å². The molecule has 0 bridgehead atoms. The van der Waals surface area contributed by atoms with Crippen LogP contribution in [0.2, 0.25) is 0 Å². The number of rotatable bonds is 4. The van der Waals surface area contributed by atoms with E-state index in [4.69, 9.17) is 0 Å². The topological polar surface area (TPSA) is 86.6 Å². The molecule has 1 fully saturated rings. The first-order chi connectivity index (χ1) is 14.0. The van der Waals surface area contributed by atoms with Crippen LogP contribution in [0.1, 0.15) is 19.4 Å². The van der Waals surface area contributed by atoms with Crippen LogP contribution < -0.4 is 4.90 Å². The van der Waals surface area contributed by atoms with Gasteiger partial charge in [0.05, 0.1) is 0 Å². The number of anilines is 1. The van der Waals surface area contributed by atoms with Gasteiger partial charge in [-0.25, -0.2) is 18.4 Å². The quantitative estimate of drug-likeness (QED) is 0.705. The van der Waals surface area contributed by atoms with Crippen LogP contribution in [0.15, 0.2) is 34.1 Å². The number of sulfonamides is 1. The van der Waals surface area contributed by atoms with E-state index in [1.165, 1.54) is 10.4 Å². The summed E-state index contributed by atoms with van der Waals surface area (Å²) in [6, 6.07) is 2.61. The molecule has 1 unspecified atom stereocenters. The minimum atomic E-state index is -4.88. The summed E-state index contributed by atoms with van der Waals surface area (Å²) in [5.41, 5.74) is -3.57. The summed E-state index contributed by atoms with van der Waals surface area (Å²) in [6.45, 7) is 2.65. The summed E-state index contributed by atoms with van der Waals surface area (Å²) in [5, 5.41) is 11.4. The van der Waals surface area contributed by atoms with Crippen molar-refractivity contribution in [2.75, 3.05) is 24.5 Å². The summed E-state index contributed by atoms with van der Waals surface area (Å²) in [4.78, 5) is 9.59. The molecule has 2 aromatic heterocycles. The van der Waals surface area contributed by atoms with E-state index in [0.29, 0.717) is 6.92 Å². The second-order valence-electron chi connectivity index (χ2n) is 6.74. The third-order valence-corrected chi connectivity index (χ3v) is 7.99. The van der Waals surface area contributed by atoms with Crippen LogP contribution in [0.3, 0.4) is 0 Å². The lowest BCUT2D eigenvalue weighted by atomic mass is 9.99. The summed E-state index contributed by atoms with van der Waals surface area (Å²) in [7, 11) is -3.66. The summed E-state index contributed by atoms with van der Waals surface area (Å²) in [5.74, 6) is 5.77. The third-order valence-electron chi connectivity index (χ3n) is 4.75. The maximum atomic E-state index is 13.0. The largest absolute Gasteiger partial charge is 0.421 e.